The lowest BCUT2D eigenvalue weighted by Crippen LogP contribution is -2.47. The van der Waals surface area contributed by atoms with E-state index in [9.17, 15) is 14.7 Å². The Morgan fingerprint density at radius 1 is 1.33 bits per heavy atom. The Morgan fingerprint density at radius 3 is 2.56 bits per heavy atom. The van der Waals surface area contributed by atoms with E-state index >= 15 is 0 Å². The van der Waals surface area contributed by atoms with Gasteiger partial charge < -0.3 is 20.0 Å². The second-order valence-electron chi connectivity index (χ2n) is 3.87. The number of carbonyl (C=O) groups is 2. The van der Waals surface area contributed by atoms with Crippen LogP contribution in [-0.4, -0.2) is 18.1 Å². The van der Waals surface area contributed by atoms with Crippen LogP contribution in [0, 0.1) is 0 Å². The lowest BCUT2D eigenvalue weighted by Gasteiger charge is -2.18. The SMILES string of the molecule is CCC[C@H](NC(=O)OCc1ccccc1)C(=O)[O-]. The third-order valence-electron chi connectivity index (χ3n) is 2.37. The zero-order valence-electron chi connectivity index (χ0n) is 10.2. The standard InChI is InChI=1S/C13H17NO4/c1-2-6-11(12(15)16)14-13(17)18-9-10-7-4-3-5-8-10/h3-5,7-8,11H,2,6,9H2,1H3,(H,14,17)(H,15,16)/p-1/t11-/m0/s1. The molecule has 0 unspecified atom stereocenters. The van der Waals surface area contributed by atoms with E-state index in [1.54, 1.807) is 0 Å². The third-order valence-corrected chi connectivity index (χ3v) is 2.37. The minimum absolute atomic E-state index is 0.110. The maximum absolute atomic E-state index is 11.4. The summed E-state index contributed by atoms with van der Waals surface area (Å²) in [5, 5.41) is 13.0. The molecule has 1 rings (SSSR count). The molecule has 0 aromatic heterocycles. The molecule has 0 radical (unpaired) electrons. The van der Waals surface area contributed by atoms with Gasteiger partial charge in [0.2, 0.25) is 0 Å². The van der Waals surface area contributed by atoms with Crippen LogP contribution in [0.3, 0.4) is 0 Å². The fraction of sp³-hybridized carbons (Fsp3) is 0.385. The first-order valence-electron chi connectivity index (χ1n) is 5.81. The Kier molecular flexibility index (Phi) is 5.70. The van der Waals surface area contributed by atoms with Gasteiger partial charge in [-0.2, -0.15) is 0 Å². The van der Waals surface area contributed by atoms with Gasteiger partial charge in [0.05, 0.1) is 12.0 Å². The number of carboxylic acids is 1. The van der Waals surface area contributed by atoms with E-state index < -0.39 is 18.1 Å². The molecule has 1 atom stereocenters. The van der Waals surface area contributed by atoms with Gasteiger partial charge in [0.15, 0.2) is 0 Å². The maximum atomic E-state index is 11.4. The molecule has 5 nitrogen and oxygen atoms in total. The van der Waals surface area contributed by atoms with Gasteiger partial charge in [0.1, 0.15) is 6.61 Å². The molecule has 0 saturated heterocycles. The molecule has 0 aliphatic heterocycles. The predicted molar refractivity (Wildman–Crippen MR) is 63.5 cm³/mol. The minimum Gasteiger partial charge on any atom is -0.548 e. The molecule has 0 aliphatic carbocycles. The van der Waals surface area contributed by atoms with Crippen LogP contribution in [0.25, 0.3) is 0 Å². The van der Waals surface area contributed by atoms with Crippen molar-refractivity contribution in [1.82, 2.24) is 5.32 Å². The Balaban J connectivity index is 2.39. The molecule has 5 heteroatoms. The maximum Gasteiger partial charge on any atom is 0.407 e. The van der Waals surface area contributed by atoms with Gasteiger partial charge in [0.25, 0.3) is 0 Å². The van der Waals surface area contributed by atoms with Gasteiger partial charge in [-0.05, 0) is 12.0 Å². The monoisotopic (exact) mass is 250 g/mol. The summed E-state index contributed by atoms with van der Waals surface area (Å²) in [6.45, 7) is 1.94. The van der Waals surface area contributed by atoms with Gasteiger partial charge in [-0.15, -0.1) is 0 Å². The zero-order valence-corrected chi connectivity index (χ0v) is 10.2. The summed E-state index contributed by atoms with van der Waals surface area (Å²) in [7, 11) is 0. The van der Waals surface area contributed by atoms with Crippen LogP contribution >= 0.6 is 0 Å². The smallest absolute Gasteiger partial charge is 0.407 e. The van der Waals surface area contributed by atoms with E-state index in [1.807, 2.05) is 37.3 Å². The van der Waals surface area contributed by atoms with Crippen LogP contribution in [0.1, 0.15) is 25.3 Å². The largest absolute Gasteiger partial charge is 0.548 e. The lowest BCUT2D eigenvalue weighted by atomic mass is 10.2. The molecule has 1 aromatic rings. The highest BCUT2D eigenvalue weighted by atomic mass is 16.5. The van der Waals surface area contributed by atoms with Gasteiger partial charge in [-0.25, -0.2) is 4.79 Å². The highest BCUT2D eigenvalue weighted by Crippen LogP contribution is 2.01. The number of rotatable bonds is 6. The van der Waals surface area contributed by atoms with Gasteiger partial charge in [0, 0.05) is 0 Å². The van der Waals surface area contributed by atoms with Crippen molar-refractivity contribution >= 4 is 12.1 Å². The average molecular weight is 250 g/mol. The number of benzene rings is 1. The highest BCUT2D eigenvalue weighted by Gasteiger charge is 2.13. The van der Waals surface area contributed by atoms with Gasteiger partial charge in [-0.3, -0.25) is 0 Å². The fourth-order valence-corrected chi connectivity index (χ4v) is 1.44. The van der Waals surface area contributed by atoms with Crippen molar-refractivity contribution < 1.29 is 19.4 Å². The number of ether oxygens (including phenoxy) is 1. The molecule has 1 amide bonds. The summed E-state index contributed by atoms with van der Waals surface area (Å²) in [6, 6.07) is 8.15. The molecule has 1 N–H and O–H groups in total. The van der Waals surface area contributed by atoms with E-state index in [0.29, 0.717) is 12.8 Å². The second kappa shape index (κ2) is 7.32. The second-order valence-corrected chi connectivity index (χ2v) is 3.87. The summed E-state index contributed by atoms with van der Waals surface area (Å²) >= 11 is 0. The van der Waals surface area contributed by atoms with E-state index in [4.69, 9.17) is 4.74 Å². The molecule has 0 heterocycles. The first-order valence-corrected chi connectivity index (χ1v) is 5.81. The number of amides is 1. The first kappa shape index (κ1) is 14.0. The number of hydrogen-bond acceptors (Lipinski definition) is 4. The van der Waals surface area contributed by atoms with Crippen LogP contribution in [0.4, 0.5) is 4.79 Å². The van der Waals surface area contributed by atoms with E-state index in [0.717, 1.165) is 5.56 Å². The molecule has 0 spiro atoms. The third kappa shape index (κ3) is 4.86. The topological polar surface area (TPSA) is 78.5 Å². The van der Waals surface area contributed by atoms with E-state index in [1.165, 1.54) is 0 Å². The highest BCUT2D eigenvalue weighted by molar-refractivity contribution is 5.78. The number of aliphatic carboxylic acids is 1. The van der Waals surface area contributed by atoms with Crippen LogP contribution in [0.2, 0.25) is 0 Å². The average Bonchev–Trinajstić information content (AvgIpc) is 2.37. The number of nitrogens with one attached hydrogen (secondary N) is 1. The Labute approximate surface area is 106 Å². The van der Waals surface area contributed by atoms with Crippen LogP contribution in [0.5, 0.6) is 0 Å². The normalized spacial score (nSPS) is 11.6. The van der Waals surface area contributed by atoms with Crippen LogP contribution < -0.4 is 10.4 Å². The van der Waals surface area contributed by atoms with Gasteiger partial charge >= 0.3 is 6.09 Å². The van der Waals surface area contributed by atoms with Crippen molar-refractivity contribution in [2.24, 2.45) is 0 Å². The predicted octanol–water partition coefficient (Wildman–Crippen LogP) is 0.831. The van der Waals surface area contributed by atoms with Crippen molar-refractivity contribution in [3.05, 3.63) is 35.9 Å². The minimum atomic E-state index is -1.30. The molecule has 0 aliphatic rings. The van der Waals surface area contributed by atoms with Crippen molar-refractivity contribution in [2.75, 3.05) is 0 Å². The number of hydrogen-bond donors (Lipinski definition) is 1. The zero-order chi connectivity index (χ0) is 13.4. The molecular formula is C13H16NO4-. The molecular weight excluding hydrogens is 234 g/mol. The Hall–Kier alpha value is -2.04. The number of carboxylic acid groups (broad SMARTS) is 1. The summed E-state index contributed by atoms with van der Waals surface area (Å²) in [5.41, 5.74) is 0.841. The summed E-state index contributed by atoms with van der Waals surface area (Å²) in [4.78, 5) is 22.1. The summed E-state index contributed by atoms with van der Waals surface area (Å²) in [5.74, 6) is -1.30. The van der Waals surface area contributed by atoms with Crippen LogP contribution in [-0.2, 0) is 16.1 Å². The fourth-order valence-electron chi connectivity index (χ4n) is 1.44. The molecule has 18 heavy (non-hydrogen) atoms. The van der Waals surface area contributed by atoms with Crippen molar-refractivity contribution in [1.29, 1.82) is 0 Å². The van der Waals surface area contributed by atoms with Gasteiger partial charge in [-0.1, -0.05) is 43.7 Å². The van der Waals surface area contributed by atoms with Crippen molar-refractivity contribution in [3.63, 3.8) is 0 Å². The number of carbonyl (C=O) groups excluding carboxylic acids is 2. The Morgan fingerprint density at radius 2 is 2.00 bits per heavy atom. The number of alkyl carbamates (subject to hydrolysis) is 1. The lowest BCUT2D eigenvalue weighted by molar-refractivity contribution is -0.308. The van der Waals surface area contributed by atoms with E-state index in [2.05, 4.69) is 5.32 Å². The van der Waals surface area contributed by atoms with E-state index in [-0.39, 0.29) is 6.61 Å². The van der Waals surface area contributed by atoms with Crippen molar-refractivity contribution in [2.45, 2.75) is 32.4 Å². The Bertz CT molecular complexity index is 391. The van der Waals surface area contributed by atoms with Crippen molar-refractivity contribution in [3.8, 4) is 0 Å². The summed E-state index contributed by atoms with van der Waals surface area (Å²) in [6.07, 6.45) is 0.210. The van der Waals surface area contributed by atoms with Crippen LogP contribution in [0.15, 0.2) is 30.3 Å². The molecule has 98 valence electrons. The molecule has 0 saturated carbocycles. The quantitative estimate of drug-likeness (QED) is 0.811. The molecule has 1 aromatic carbocycles. The molecule has 0 bridgehead atoms. The summed E-state index contributed by atoms with van der Waals surface area (Å²) < 4.78 is 4.91. The molecule has 0 fully saturated rings. The first-order chi connectivity index (χ1) is 8.63.